The van der Waals surface area contributed by atoms with E-state index in [4.69, 9.17) is 0 Å². The average Bonchev–Trinajstić information content (AvgIpc) is 2.40. The van der Waals surface area contributed by atoms with Gasteiger partial charge in [-0.3, -0.25) is 0 Å². The number of hydrogen-bond acceptors (Lipinski definition) is 1. The molecular formula is C17H23FN2O. The molecule has 4 rings (SSSR count). The zero-order valence-electron chi connectivity index (χ0n) is 12.8. The standard InChI is InChI=1S/C17H23FN2O/c1-10-14-7-11(17(14,2)3)8-15(10)20-16(21)19-13-6-4-5-12(18)9-13/h4-6,9-11,14-15H,7-8H2,1-3H3,(H2,19,20,21)/t10-,11+,14-,15-/m1/s1. The van der Waals surface area contributed by atoms with E-state index in [2.05, 4.69) is 31.4 Å². The molecule has 0 spiro atoms. The third kappa shape index (κ3) is 2.52. The van der Waals surface area contributed by atoms with Crippen molar-refractivity contribution in [1.82, 2.24) is 5.32 Å². The summed E-state index contributed by atoms with van der Waals surface area (Å²) in [7, 11) is 0. The Kier molecular flexibility index (Phi) is 3.42. The van der Waals surface area contributed by atoms with Crippen LogP contribution in [0.5, 0.6) is 0 Å². The number of anilines is 1. The molecule has 0 unspecified atom stereocenters. The zero-order chi connectivity index (χ0) is 15.2. The van der Waals surface area contributed by atoms with Crippen LogP contribution < -0.4 is 10.6 Å². The van der Waals surface area contributed by atoms with Gasteiger partial charge in [-0.2, -0.15) is 0 Å². The monoisotopic (exact) mass is 290 g/mol. The Morgan fingerprint density at radius 1 is 1.33 bits per heavy atom. The molecule has 0 aliphatic heterocycles. The van der Waals surface area contributed by atoms with E-state index in [0.29, 0.717) is 28.9 Å². The SMILES string of the molecule is C[C@@H]1[C@H]2C[C@@H](C[C@H]1NC(=O)Nc1cccc(F)c1)C2(C)C. The van der Waals surface area contributed by atoms with Gasteiger partial charge < -0.3 is 10.6 Å². The first-order valence-corrected chi connectivity index (χ1v) is 7.71. The van der Waals surface area contributed by atoms with E-state index in [-0.39, 0.29) is 17.9 Å². The molecule has 21 heavy (non-hydrogen) atoms. The molecule has 2 N–H and O–H groups in total. The van der Waals surface area contributed by atoms with Gasteiger partial charge in [0.15, 0.2) is 0 Å². The molecule has 3 saturated carbocycles. The first kappa shape index (κ1) is 14.4. The molecular weight excluding hydrogens is 267 g/mol. The molecule has 0 radical (unpaired) electrons. The van der Waals surface area contributed by atoms with Crippen molar-refractivity contribution in [3.05, 3.63) is 30.1 Å². The largest absolute Gasteiger partial charge is 0.335 e. The fourth-order valence-electron chi connectivity index (χ4n) is 4.24. The second-order valence-electron chi connectivity index (χ2n) is 7.17. The second kappa shape index (κ2) is 5.00. The van der Waals surface area contributed by atoms with Gasteiger partial charge in [-0.1, -0.05) is 26.8 Å². The van der Waals surface area contributed by atoms with Gasteiger partial charge in [-0.05, 0) is 54.2 Å². The minimum atomic E-state index is -0.346. The summed E-state index contributed by atoms with van der Waals surface area (Å²) in [5.74, 6) is 1.54. The minimum absolute atomic E-state index is 0.218. The summed E-state index contributed by atoms with van der Waals surface area (Å²) in [6, 6.07) is 5.94. The molecule has 4 heteroatoms. The van der Waals surface area contributed by atoms with E-state index in [9.17, 15) is 9.18 Å². The van der Waals surface area contributed by atoms with Crippen LogP contribution in [0.25, 0.3) is 0 Å². The highest BCUT2D eigenvalue weighted by Gasteiger charge is 2.56. The Balaban J connectivity index is 1.59. The van der Waals surface area contributed by atoms with Crippen LogP contribution in [0.2, 0.25) is 0 Å². The van der Waals surface area contributed by atoms with Crippen LogP contribution in [-0.4, -0.2) is 12.1 Å². The minimum Gasteiger partial charge on any atom is -0.335 e. The maximum absolute atomic E-state index is 13.1. The van der Waals surface area contributed by atoms with Gasteiger partial charge in [0.05, 0.1) is 0 Å². The topological polar surface area (TPSA) is 41.1 Å². The van der Waals surface area contributed by atoms with Gasteiger partial charge in [0.25, 0.3) is 0 Å². The van der Waals surface area contributed by atoms with Crippen LogP contribution in [-0.2, 0) is 0 Å². The molecule has 114 valence electrons. The van der Waals surface area contributed by atoms with Crippen LogP contribution in [0.3, 0.4) is 0 Å². The highest BCUT2D eigenvalue weighted by molar-refractivity contribution is 5.89. The van der Waals surface area contributed by atoms with E-state index in [1.807, 2.05) is 0 Å². The molecule has 3 fully saturated rings. The molecule has 1 aromatic rings. The van der Waals surface area contributed by atoms with Crippen molar-refractivity contribution in [2.45, 2.75) is 39.7 Å². The molecule has 2 bridgehead atoms. The Morgan fingerprint density at radius 3 is 2.71 bits per heavy atom. The van der Waals surface area contributed by atoms with Crippen LogP contribution in [0.4, 0.5) is 14.9 Å². The Hall–Kier alpha value is -1.58. The first-order valence-electron chi connectivity index (χ1n) is 7.71. The number of carbonyl (C=O) groups is 1. The van der Waals surface area contributed by atoms with E-state index in [0.717, 1.165) is 6.42 Å². The van der Waals surface area contributed by atoms with Gasteiger partial charge in [-0.25, -0.2) is 9.18 Å². The van der Waals surface area contributed by atoms with Crippen molar-refractivity contribution in [3.8, 4) is 0 Å². The first-order chi connectivity index (χ1) is 9.88. The fraction of sp³-hybridized carbons (Fsp3) is 0.588. The predicted octanol–water partition coefficient (Wildman–Crippen LogP) is 4.02. The van der Waals surface area contributed by atoms with E-state index in [1.54, 1.807) is 12.1 Å². The molecule has 3 nitrogen and oxygen atoms in total. The quantitative estimate of drug-likeness (QED) is 0.848. The molecule has 4 atom stereocenters. The lowest BCUT2D eigenvalue weighted by molar-refractivity contribution is -0.112. The summed E-state index contributed by atoms with van der Waals surface area (Å²) in [5, 5.41) is 5.77. The van der Waals surface area contributed by atoms with Crippen molar-refractivity contribution in [3.63, 3.8) is 0 Å². The van der Waals surface area contributed by atoms with Crippen molar-refractivity contribution < 1.29 is 9.18 Å². The third-order valence-electron chi connectivity index (χ3n) is 5.75. The summed E-state index contributed by atoms with van der Waals surface area (Å²) in [5.41, 5.74) is 0.901. The summed E-state index contributed by atoms with van der Waals surface area (Å²) in [4.78, 5) is 12.1. The van der Waals surface area contributed by atoms with Crippen molar-refractivity contribution in [2.75, 3.05) is 5.32 Å². The van der Waals surface area contributed by atoms with Gasteiger partial charge in [0.1, 0.15) is 5.82 Å². The van der Waals surface area contributed by atoms with Crippen molar-refractivity contribution in [1.29, 1.82) is 0 Å². The molecule has 1 aromatic carbocycles. The average molecular weight is 290 g/mol. The number of benzene rings is 1. The Morgan fingerprint density at radius 2 is 2.10 bits per heavy atom. The maximum atomic E-state index is 13.1. The number of carbonyl (C=O) groups excluding carboxylic acids is 1. The lowest BCUT2D eigenvalue weighted by Gasteiger charge is -2.62. The highest BCUT2D eigenvalue weighted by Crippen LogP contribution is 2.61. The molecule has 0 saturated heterocycles. The zero-order valence-corrected chi connectivity index (χ0v) is 12.8. The molecule has 3 aliphatic rings. The lowest BCUT2D eigenvalue weighted by Crippen LogP contribution is -2.61. The summed E-state index contributed by atoms with van der Waals surface area (Å²) in [6.07, 6.45) is 2.33. The summed E-state index contributed by atoms with van der Waals surface area (Å²) >= 11 is 0. The van der Waals surface area contributed by atoms with E-state index in [1.165, 1.54) is 18.6 Å². The van der Waals surface area contributed by atoms with Crippen molar-refractivity contribution >= 4 is 11.7 Å². The maximum Gasteiger partial charge on any atom is 0.319 e. The van der Waals surface area contributed by atoms with Crippen LogP contribution in [0, 0.1) is 29.0 Å². The number of rotatable bonds is 2. The third-order valence-corrected chi connectivity index (χ3v) is 5.75. The van der Waals surface area contributed by atoms with Crippen LogP contribution >= 0.6 is 0 Å². The van der Waals surface area contributed by atoms with E-state index < -0.39 is 0 Å². The smallest absolute Gasteiger partial charge is 0.319 e. The highest BCUT2D eigenvalue weighted by atomic mass is 19.1. The number of urea groups is 1. The van der Waals surface area contributed by atoms with Crippen LogP contribution in [0.15, 0.2) is 24.3 Å². The number of halogens is 1. The molecule has 0 aromatic heterocycles. The van der Waals surface area contributed by atoms with Gasteiger partial charge in [0, 0.05) is 11.7 Å². The second-order valence-corrected chi connectivity index (χ2v) is 7.17. The van der Waals surface area contributed by atoms with Crippen molar-refractivity contribution in [2.24, 2.45) is 23.2 Å². The van der Waals surface area contributed by atoms with Gasteiger partial charge in [0.2, 0.25) is 0 Å². The number of nitrogens with one attached hydrogen (secondary N) is 2. The summed E-state index contributed by atoms with van der Waals surface area (Å²) < 4.78 is 13.1. The fourth-order valence-corrected chi connectivity index (χ4v) is 4.24. The number of amides is 2. The molecule has 2 amide bonds. The summed E-state index contributed by atoms with van der Waals surface area (Å²) in [6.45, 7) is 6.91. The van der Waals surface area contributed by atoms with E-state index >= 15 is 0 Å². The number of fused-ring (bicyclic) bond motifs is 2. The van der Waals surface area contributed by atoms with Gasteiger partial charge in [-0.15, -0.1) is 0 Å². The normalized spacial score (nSPS) is 33.0. The lowest BCUT2D eigenvalue weighted by atomic mass is 9.45. The van der Waals surface area contributed by atoms with Crippen LogP contribution in [0.1, 0.15) is 33.6 Å². The molecule has 0 heterocycles. The van der Waals surface area contributed by atoms with Gasteiger partial charge >= 0.3 is 6.03 Å². The Bertz CT molecular complexity index is 557. The number of hydrogen-bond donors (Lipinski definition) is 2. The Labute approximate surface area is 125 Å². The predicted molar refractivity (Wildman–Crippen MR) is 81.5 cm³/mol. The molecule has 3 aliphatic carbocycles.